The van der Waals surface area contributed by atoms with Gasteiger partial charge in [0.2, 0.25) is 0 Å². The topological polar surface area (TPSA) is 69.1 Å². The Morgan fingerprint density at radius 3 is 2.90 bits per heavy atom. The quantitative estimate of drug-likeness (QED) is 0.815. The van der Waals surface area contributed by atoms with Gasteiger partial charge in [-0.15, -0.1) is 0 Å². The minimum atomic E-state index is 0.306. The van der Waals surface area contributed by atoms with E-state index < -0.39 is 0 Å². The number of aromatic nitrogens is 4. The molecule has 0 amide bonds. The molecule has 1 aliphatic rings. The normalized spacial score (nSPS) is 19.7. The first kappa shape index (κ1) is 13.6. The van der Waals surface area contributed by atoms with Gasteiger partial charge >= 0.3 is 0 Å². The number of anilines is 1. The molecule has 3 rings (SSSR count). The first-order chi connectivity index (χ1) is 9.90. The van der Waals surface area contributed by atoms with Gasteiger partial charge in [-0.25, -0.2) is 4.98 Å². The molecular formula is C16H19N5. The van der Waals surface area contributed by atoms with Crippen molar-refractivity contribution in [3.63, 3.8) is 0 Å². The third-order valence-electron chi connectivity index (χ3n) is 4.43. The minimum absolute atomic E-state index is 0.306. The molecule has 1 saturated carbocycles. The fourth-order valence-corrected chi connectivity index (χ4v) is 2.88. The van der Waals surface area contributed by atoms with E-state index in [-0.39, 0.29) is 0 Å². The largest absolute Gasteiger partial charge is 0.382 e. The molecule has 0 radical (unpaired) electrons. The van der Waals surface area contributed by atoms with Crippen LogP contribution < -0.4 is 5.73 Å². The summed E-state index contributed by atoms with van der Waals surface area (Å²) in [4.78, 5) is 8.40. The smallest absolute Gasteiger partial charge is 0.254 e. The van der Waals surface area contributed by atoms with Crippen molar-refractivity contribution in [2.24, 2.45) is 11.3 Å². The second-order valence-electron chi connectivity index (χ2n) is 6.28. The van der Waals surface area contributed by atoms with Crippen LogP contribution in [0.1, 0.15) is 37.9 Å². The Morgan fingerprint density at radius 2 is 2.29 bits per heavy atom. The van der Waals surface area contributed by atoms with Crippen molar-refractivity contribution in [2.45, 2.75) is 33.6 Å². The number of nitrogens with two attached hydrogens (primary N) is 1. The number of nitrogens with zero attached hydrogens (tertiary/aromatic N) is 4. The molecule has 108 valence electrons. The predicted octanol–water partition coefficient (Wildman–Crippen LogP) is 2.36. The van der Waals surface area contributed by atoms with Gasteiger partial charge in [-0.3, -0.25) is 0 Å². The van der Waals surface area contributed by atoms with Crippen LogP contribution in [-0.2, 0) is 0 Å². The Balaban J connectivity index is 1.96. The highest BCUT2D eigenvalue weighted by Crippen LogP contribution is 2.49. The summed E-state index contributed by atoms with van der Waals surface area (Å²) in [6.45, 7) is 10.5. The second-order valence-corrected chi connectivity index (χ2v) is 6.28. The maximum absolute atomic E-state index is 6.11. The third-order valence-corrected chi connectivity index (χ3v) is 4.43. The van der Waals surface area contributed by atoms with E-state index in [1.807, 2.05) is 6.92 Å². The lowest BCUT2D eigenvalue weighted by atomic mass is 9.60. The molecule has 1 atom stereocenters. The van der Waals surface area contributed by atoms with Crippen LogP contribution >= 0.6 is 0 Å². The monoisotopic (exact) mass is 281 g/mol. The number of allylic oxidation sites excluding steroid dienone is 1. The summed E-state index contributed by atoms with van der Waals surface area (Å²) < 4.78 is 1.51. The molecule has 21 heavy (non-hydrogen) atoms. The lowest BCUT2D eigenvalue weighted by Crippen LogP contribution is -2.35. The number of nitrogen functional groups attached to an aromatic ring is 1. The van der Waals surface area contributed by atoms with E-state index >= 15 is 0 Å². The molecule has 0 bridgehead atoms. The molecule has 2 aromatic heterocycles. The van der Waals surface area contributed by atoms with Crippen LogP contribution in [0.3, 0.4) is 0 Å². The average Bonchev–Trinajstić information content (AvgIpc) is 2.85. The van der Waals surface area contributed by atoms with Crippen molar-refractivity contribution in [3.05, 3.63) is 29.7 Å². The summed E-state index contributed by atoms with van der Waals surface area (Å²) >= 11 is 0. The van der Waals surface area contributed by atoms with Crippen LogP contribution in [0.5, 0.6) is 0 Å². The molecular weight excluding hydrogens is 262 g/mol. The first-order valence-corrected chi connectivity index (χ1v) is 7.07. The maximum Gasteiger partial charge on any atom is 0.254 e. The molecule has 0 saturated heterocycles. The second kappa shape index (κ2) is 4.59. The molecule has 2 N–H and O–H groups in total. The molecule has 0 aromatic carbocycles. The van der Waals surface area contributed by atoms with Gasteiger partial charge in [0.15, 0.2) is 0 Å². The van der Waals surface area contributed by atoms with Crippen LogP contribution in [0.2, 0.25) is 0 Å². The lowest BCUT2D eigenvalue weighted by molar-refractivity contribution is 0.108. The summed E-state index contributed by atoms with van der Waals surface area (Å²) in [5, 5.41) is 4.06. The minimum Gasteiger partial charge on any atom is -0.382 e. The Morgan fingerprint density at radius 1 is 1.52 bits per heavy atom. The average molecular weight is 281 g/mol. The fraction of sp³-hybridized carbons (Fsp3) is 0.438. The summed E-state index contributed by atoms with van der Waals surface area (Å²) in [7, 11) is 0. The van der Waals surface area contributed by atoms with Crippen molar-refractivity contribution >= 4 is 11.6 Å². The van der Waals surface area contributed by atoms with Crippen molar-refractivity contribution in [2.75, 3.05) is 5.73 Å². The zero-order chi connectivity index (χ0) is 15.2. The highest BCUT2D eigenvalue weighted by Gasteiger charge is 2.39. The number of hydrogen-bond acceptors (Lipinski definition) is 4. The van der Waals surface area contributed by atoms with Crippen molar-refractivity contribution in [1.82, 2.24) is 19.6 Å². The molecule has 5 heteroatoms. The van der Waals surface area contributed by atoms with Crippen molar-refractivity contribution in [1.29, 1.82) is 0 Å². The Labute approximate surface area is 124 Å². The van der Waals surface area contributed by atoms with Gasteiger partial charge in [-0.05, 0) is 36.7 Å². The van der Waals surface area contributed by atoms with E-state index in [4.69, 9.17) is 5.73 Å². The van der Waals surface area contributed by atoms with Crippen LogP contribution in [0.15, 0.2) is 18.5 Å². The molecule has 2 aromatic rings. The van der Waals surface area contributed by atoms with Gasteiger partial charge in [0, 0.05) is 0 Å². The Kier molecular flexibility index (Phi) is 2.98. The Hall–Kier alpha value is -2.35. The van der Waals surface area contributed by atoms with E-state index in [9.17, 15) is 0 Å². The molecule has 0 aliphatic heterocycles. The number of aryl methyl sites for hydroxylation is 1. The number of rotatable bonds is 1. The van der Waals surface area contributed by atoms with Gasteiger partial charge in [0.1, 0.15) is 12.1 Å². The number of hydrogen-bond donors (Lipinski definition) is 1. The summed E-state index contributed by atoms with van der Waals surface area (Å²) in [6.07, 6.45) is 3.83. The standard InChI is InChI=1S/C16H19N5/c1-10(13-7-8-16(13,3)4)5-6-12-11(2)20-15-18-9-19-21(15)14(12)17/h9,13H,1,7-8,17H2,2-4H3. The van der Waals surface area contributed by atoms with Crippen LogP contribution in [0.4, 0.5) is 5.82 Å². The third kappa shape index (κ3) is 2.17. The van der Waals surface area contributed by atoms with Crippen molar-refractivity contribution in [3.8, 4) is 11.8 Å². The van der Waals surface area contributed by atoms with Crippen LogP contribution in [0, 0.1) is 30.1 Å². The predicted molar refractivity (Wildman–Crippen MR) is 82.5 cm³/mol. The molecule has 5 nitrogen and oxygen atoms in total. The van der Waals surface area contributed by atoms with E-state index in [1.165, 1.54) is 17.3 Å². The molecule has 1 aliphatic carbocycles. The van der Waals surface area contributed by atoms with E-state index in [0.717, 1.165) is 17.7 Å². The highest BCUT2D eigenvalue weighted by molar-refractivity contribution is 5.58. The maximum atomic E-state index is 6.11. The van der Waals surface area contributed by atoms with E-state index in [1.54, 1.807) is 0 Å². The van der Waals surface area contributed by atoms with Gasteiger partial charge < -0.3 is 5.73 Å². The van der Waals surface area contributed by atoms with Gasteiger partial charge in [0.05, 0.1) is 11.3 Å². The first-order valence-electron chi connectivity index (χ1n) is 7.07. The van der Waals surface area contributed by atoms with Gasteiger partial charge in [0.25, 0.3) is 5.78 Å². The fourth-order valence-electron chi connectivity index (χ4n) is 2.88. The van der Waals surface area contributed by atoms with E-state index in [2.05, 4.69) is 47.3 Å². The molecule has 2 heterocycles. The molecule has 0 spiro atoms. The summed E-state index contributed by atoms with van der Waals surface area (Å²) in [5.41, 5.74) is 8.86. The van der Waals surface area contributed by atoms with E-state index in [0.29, 0.717) is 28.5 Å². The van der Waals surface area contributed by atoms with Gasteiger partial charge in [-0.1, -0.05) is 32.3 Å². The zero-order valence-electron chi connectivity index (χ0n) is 12.6. The summed E-state index contributed by atoms with van der Waals surface area (Å²) in [6, 6.07) is 0. The molecule has 1 fully saturated rings. The molecule has 1 unspecified atom stereocenters. The lowest BCUT2D eigenvalue weighted by Gasteiger charge is -2.44. The number of fused-ring (bicyclic) bond motifs is 1. The highest BCUT2D eigenvalue weighted by atomic mass is 15.3. The van der Waals surface area contributed by atoms with Crippen LogP contribution in [0.25, 0.3) is 5.78 Å². The zero-order valence-corrected chi connectivity index (χ0v) is 12.6. The van der Waals surface area contributed by atoms with Crippen LogP contribution in [-0.4, -0.2) is 19.6 Å². The SMILES string of the molecule is C=C(C#Cc1c(C)nc2ncnn2c1N)C1CCC1(C)C. The summed E-state index contributed by atoms with van der Waals surface area (Å²) in [5.74, 6) is 7.73. The van der Waals surface area contributed by atoms with Gasteiger partial charge in [-0.2, -0.15) is 14.6 Å². The van der Waals surface area contributed by atoms with Crippen molar-refractivity contribution < 1.29 is 0 Å². The Bertz CT molecular complexity index is 788.